The number of hydrogen-bond donors (Lipinski definition) is 0. The first-order valence-corrected chi connectivity index (χ1v) is 14.1. The van der Waals surface area contributed by atoms with Gasteiger partial charge in [0.25, 0.3) is 0 Å². The first-order chi connectivity index (χ1) is 19.8. The monoisotopic (exact) mass is 528 g/mol. The largest absolute Gasteiger partial charge is 0.436 e. The maximum absolute atomic E-state index is 6.08. The Morgan fingerprint density at radius 2 is 1.32 bits per heavy atom. The van der Waals surface area contributed by atoms with Crippen molar-refractivity contribution >= 4 is 75.5 Å². The number of benzene rings is 6. The molecule has 3 heterocycles. The van der Waals surface area contributed by atoms with E-state index in [9.17, 15) is 0 Å². The molecule has 0 aliphatic carbocycles. The van der Waals surface area contributed by atoms with E-state index in [1.54, 1.807) is 0 Å². The highest BCUT2D eigenvalue weighted by Crippen LogP contribution is 2.43. The molecule has 9 aromatic rings. The third-order valence-electron chi connectivity index (χ3n) is 7.87. The van der Waals surface area contributed by atoms with E-state index in [0.717, 1.165) is 38.6 Å². The molecule has 0 aliphatic rings. The van der Waals surface area contributed by atoms with Crippen molar-refractivity contribution in [3.05, 3.63) is 121 Å². The lowest BCUT2D eigenvalue weighted by molar-refractivity contribution is 0.655. The lowest BCUT2D eigenvalue weighted by atomic mass is 9.96. The molecule has 0 spiro atoms. The molecule has 4 heteroatoms. The summed E-state index contributed by atoms with van der Waals surface area (Å²) in [6.07, 6.45) is 0. The minimum Gasteiger partial charge on any atom is -0.436 e. The van der Waals surface area contributed by atoms with E-state index in [4.69, 9.17) is 14.4 Å². The Morgan fingerprint density at radius 1 is 0.550 bits per heavy atom. The van der Waals surface area contributed by atoms with Crippen LogP contribution in [0.1, 0.15) is 0 Å². The molecule has 0 aliphatic heterocycles. The van der Waals surface area contributed by atoms with Crippen LogP contribution in [-0.4, -0.2) is 9.97 Å². The maximum atomic E-state index is 6.08. The molecular formula is C36H20N2OS. The summed E-state index contributed by atoms with van der Waals surface area (Å²) in [5.74, 6) is 0. The molecule has 186 valence electrons. The van der Waals surface area contributed by atoms with Crippen LogP contribution in [0.25, 0.3) is 86.4 Å². The number of fused-ring (bicyclic) bond motifs is 9. The summed E-state index contributed by atoms with van der Waals surface area (Å²) in [6.45, 7) is 0. The zero-order valence-corrected chi connectivity index (χ0v) is 22.1. The van der Waals surface area contributed by atoms with Gasteiger partial charge < -0.3 is 4.42 Å². The summed E-state index contributed by atoms with van der Waals surface area (Å²) >= 11 is 1.88. The highest BCUT2D eigenvalue weighted by molar-refractivity contribution is 7.26. The van der Waals surface area contributed by atoms with Gasteiger partial charge in [0, 0.05) is 25.6 Å². The normalized spacial score (nSPS) is 12.0. The Hall–Kier alpha value is -5.06. The van der Waals surface area contributed by atoms with Gasteiger partial charge in [0.1, 0.15) is 11.1 Å². The standard InChI is InChI=1S/C36H20N2OS/c1-2-10-25-21(7-1)16-18-32-33(25)27-12-6-11-26(35(27)40-32)24-9-5-8-22(19-24)23-15-17-31-28(20-23)34-36(39-31)38-30-14-4-3-13-29(30)37-34/h1-20H. The number of aromatic nitrogens is 2. The van der Waals surface area contributed by atoms with E-state index in [0.29, 0.717) is 5.71 Å². The number of nitrogens with zero attached hydrogens (tertiary/aromatic N) is 2. The minimum atomic E-state index is 0.573. The van der Waals surface area contributed by atoms with Crippen molar-refractivity contribution < 1.29 is 4.42 Å². The maximum Gasteiger partial charge on any atom is 0.246 e. The fraction of sp³-hybridized carbons (Fsp3) is 0. The quantitative estimate of drug-likeness (QED) is 0.224. The van der Waals surface area contributed by atoms with Gasteiger partial charge >= 0.3 is 0 Å². The molecule has 40 heavy (non-hydrogen) atoms. The molecule has 3 nitrogen and oxygen atoms in total. The summed E-state index contributed by atoms with van der Waals surface area (Å²) < 4.78 is 8.73. The molecule has 6 aromatic carbocycles. The minimum absolute atomic E-state index is 0.573. The molecule has 0 bridgehead atoms. The molecule has 0 amide bonds. The Kier molecular flexibility index (Phi) is 4.48. The van der Waals surface area contributed by atoms with Crippen molar-refractivity contribution in [1.82, 2.24) is 9.97 Å². The van der Waals surface area contributed by atoms with Gasteiger partial charge in [-0.05, 0) is 69.4 Å². The highest BCUT2D eigenvalue weighted by atomic mass is 32.1. The van der Waals surface area contributed by atoms with Gasteiger partial charge in [0.05, 0.1) is 11.0 Å². The fourth-order valence-electron chi connectivity index (χ4n) is 5.98. The van der Waals surface area contributed by atoms with Gasteiger partial charge in [-0.15, -0.1) is 11.3 Å². The second-order valence-corrected chi connectivity index (χ2v) is 11.3. The van der Waals surface area contributed by atoms with Crippen molar-refractivity contribution in [2.75, 3.05) is 0 Å². The van der Waals surface area contributed by atoms with Crippen LogP contribution in [0.3, 0.4) is 0 Å². The Morgan fingerprint density at radius 3 is 2.27 bits per heavy atom. The predicted molar refractivity (Wildman–Crippen MR) is 168 cm³/mol. The van der Waals surface area contributed by atoms with Crippen molar-refractivity contribution in [3.63, 3.8) is 0 Å². The summed E-state index contributed by atoms with van der Waals surface area (Å²) in [7, 11) is 0. The molecule has 0 saturated carbocycles. The van der Waals surface area contributed by atoms with Crippen LogP contribution in [0.15, 0.2) is 126 Å². The summed E-state index contributed by atoms with van der Waals surface area (Å²) in [5.41, 5.74) is 8.64. The molecule has 9 rings (SSSR count). The van der Waals surface area contributed by atoms with Crippen molar-refractivity contribution in [2.45, 2.75) is 0 Å². The van der Waals surface area contributed by atoms with Gasteiger partial charge in [0.15, 0.2) is 0 Å². The third kappa shape index (κ3) is 3.17. The van der Waals surface area contributed by atoms with E-state index in [2.05, 4.69) is 91.0 Å². The van der Waals surface area contributed by atoms with Crippen LogP contribution >= 0.6 is 11.3 Å². The number of para-hydroxylation sites is 2. The van der Waals surface area contributed by atoms with Gasteiger partial charge in [-0.25, -0.2) is 9.97 Å². The highest BCUT2D eigenvalue weighted by Gasteiger charge is 2.15. The topological polar surface area (TPSA) is 38.9 Å². The van der Waals surface area contributed by atoms with Crippen LogP contribution in [-0.2, 0) is 0 Å². The molecule has 0 unspecified atom stereocenters. The Labute approximate surface area is 233 Å². The van der Waals surface area contributed by atoms with Gasteiger partial charge in [-0.3, -0.25) is 0 Å². The lowest BCUT2D eigenvalue weighted by Gasteiger charge is -2.08. The molecule has 0 N–H and O–H groups in total. The van der Waals surface area contributed by atoms with Crippen LogP contribution in [0.2, 0.25) is 0 Å². The second kappa shape index (κ2) is 8.22. The van der Waals surface area contributed by atoms with E-state index in [-0.39, 0.29) is 0 Å². The third-order valence-corrected chi connectivity index (χ3v) is 9.08. The zero-order valence-electron chi connectivity index (χ0n) is 21.3. The zero-order chi connectivity index (χ0) is 26.2. The number of thiophene rings is 1. The number of hydrogen-bond acceptors (Lipinski definition) is 4. The molecular weight excluding hydrogens is 508 g/mol. The molecule has 0 fully saturated rings. The lowest BCUT2D eigenvalue weighted by Crippen LogP contribution is -1.84. The first kappa shape index (κ1) is 21.8. The van der Waals surface area contributed by atoms with Gasteiger partial charge in [0.2, 0.25) is 5.71 Å². The summed E-state index contributed by atoms with van der Waals surface area (Å²) in [5, 5.41) is 6.24. The average molecular weight is 529 g/mol. The molecule has 0 atom stereocenters. The Bertz CT molecular complexity index is 2450. The molecule has 0 saturated heterocycles. The van der Waals surface area contributed by atoms with Crippen LogP contribution in [0.4, 0.5) is 0 Å². The number of furan rings is 1. The van der Waals surface area contributed by atoms with Crippen molar-refractivity contribution in [1.29, 1.82) is 0 Å². The first-order valence-electron chi connectivity index (χ1n) is 13.3. The van der Waals surface area contributed by atoms with Crippen LogP contribution in [0.5, 0.6) is 0 Å². The molecule has 0 radical (unpaired) electrons. The summed E-state index contributed by atoms with van der Waals surface area (Å²) in [6, 6.07) is 42.9. The van der Waals surface area contributed by atoms with E-state index in [1.807, 2.05) is 41.7 Å². The van der Waals surface area contributed by atoms with Crippen LogP contribution in [0, 0.1) is 0 Å². The average Bonchev–Trinajstić information content (AvgIpc) is 3.57. The van der Waals surface area contributed by atoms with Gasteiger partial charge in [-0.1, -0.05) is 84.9 Å². The van der Waals surface area contributed by atoms with E-state index in [1.165, 1.54) is 42.1 Å². The van der Waals surface area contributed by atoms with Crippen LogP contribution < -0.4 is 0 Å². The Balaban J connectivity index is 1.22. The predicted octanol–water partition coefficient (Wildman–Crippen LogP) is 10.4. The summed E-state index contributed by atoms with van der Waals surface area (Å²) in [4.78, 5) is 9.60. The van der Waals surface area contributed by atoms with E-state index < -0.39 is 0 Å². The van der Waals surface area contributed by atoms with Crippen molar-refractivity contribution in [2.24, 2.45) is 0 Å². The second-order valence-electron chi connectivity index (χ2n) is 10.2. The van der Waals surface area contributed by atoms with E-state index >= 15 is 0 Å². The van der Waals surface area contributed by atoms with Gasteiger partial charge in [-0.2, -0.15) is 0 Å². The SMILES string of the molecule is c1cc(-c2ccc3oc4nc5ccccc5nc4c3c2)cc(-c2cccc3c2sc2ccc4ccccc4c23)c1. The fourth-order valence-corrected chi connectivity index (χ4v) is 7.23. The molecule has 3 aromatic heterocycles. The smallest absolute Gasteiger partial charge is 0.246 e. The number of rotatable bonds is 2. The van der Waals surface area contributed by atoms with Crippen molar-refractivity contribution in [3.8, 4) is 22.3 Å².